The average molecular weight is 456 g/mol. The standard InChI is InChI=1S/C32H33BN2/c1-20-16-22(3)30(23(4)17-20)33(31-24(5)18-21(2)19-25(31)6)27-14-12-26(13-15-27)32-34-28-10-8-9-11-29(28)35(32)7/h8-19H,1-7H3. The minimum absolute atomic E-state index is 0.186. The first-order valence-electron chi connectivity index (χ1n) is 12.4. The highest BCUT2D eigenvalue weighted by Crippen LogP contribution is 2.23. The molecule has 0 aliphatic heterocycles. The lowest BCUT2D eigenvalue weighted by Gasteiger charge is -2.24. The molecular formula is C32H33BN2. The van der Waals surface area contributed by atoms with E-state index in [-0.39, 0.29) is 6.71 Å². The smallest absolute Gasteiger partial charge is 0.242 e. The van der Waals surface area contributed by atoms with Gasteiger partial charge in [0.2, 0.25) is 6.71 Å². The Labute approximate surface area is 209 Å². The van der Waals surface area contributed by atoms with E-state index in [0.29, 0.717) is 0 Å². The lowest BCUT2D eigenvalue weighted by Crippen LogP contribution is -2.55. The first-order chi connectivity index (χ1) is 16.7. The maximum absolute atomic E-state index is 4.91. The highest BCUT2D eigenvalue weighted by Gasteiger charge is 2.28. The van der Waals surface area contributed by atoms with Crippen molar-refractivity contribution in [3.8, 4) is 11.4 Å². The Kier molecular flexibility index (Phi) is 5.88. The molecule has 0 radical (unpaired) electrons. The molecule has 0 unspecified atom stereocenters. The zero-order valence-corrected chi connectivity index (χ0v) is 21.9. The normalized spacial score (nSPS) is 11.3. The molecular weight excluding hydrogens is 423 g/mol. The average Bonchev–Trinajstić information content (AvgIpc) is 3.13. The van der Waals surface area contributed by atoms with Crippen LogP contribution >= 0.6 is 0 Å². The molecule has 5 aromatic rings. The Morgan fingerprint density at radius 2 is 1.11 bits per heavy atom. The first kappa shape index (κ1) is 23.2. The van der Waals surface area contributed by atoms with Gasteiger partial charge in [0.1, 0.15) is 5.82 Å². The predicted molar refractivity (Wildman–Crippen MR) is 152 cm³/mol. The molecule has 0 N–H and O–H groups in total. The van der Waals surface area contributed by atoms with E-state index in [4.69, 9.17) is 4.98 Å². The fourth-order valence-corrected chi connectivity index (χ4v) is 6.00. The van der Waals surface area contributed by atoms with Crippen molar-refractivity contribution in [2.45, 2.75) is 41.5 Å². The van der Waals surface area contributed by atoms with Crippen LogP contribution in [-0.2, 0) is 7.05 Å². The van der Waals surface area contributed by atoms with Crippen LogP contribution in [0.5, 0.6) is 0 Å². The van der Waals surface area contributed by atoms with E-state index in [1.54, 1.807) is 0 Å². The van der Waals surface area contributed by atoms with Crippen molar-refractivity contribution >= 4 is 34.1 Å². The summed E-state index contributed by atoms with van der Waals surface area (Å²) in [6.07, 6.45) is 0. The number of benzene rings is 4. The maximum atomic E-state index is 4.91. The minimum Gasteiger partial charge on any atom is -0.327 e. The molecule has 0 bridgehead atoms. The lowest BCUT2D eigenvalue weighted by molar-refractivity contribution is 0.959. The number of hydrogen-bond acceptors (Lipinski definition) is 1. The Balaban J connectivity index is 1.69. The summed E-state index contributed by atoms with van der Waals surface area (Å²) in [5, 5.41) is 0. The largest absolute Gasteiger partial charge is 0.327 e. The van der Waals surface area contributed by atoms with Crippen molar-refractivity contribution in [2.24, 2.45) is 7.05 Å². The van der Waals surface area contributed by atoms with Crippen LogP contribution < -0.4 is 16.4 Å². The first-order valence-corrected chi connectivity index (χ1v) is 12.4. The zero-order chi connectivity index (χ0) is 24.9. The van der Waals surface area contributed by atoms with Crippen LogP contribution in [0.3, 0.4) is 0 Å². The Bertz CT molecular complexity index is 1450. The van der Waals surface area contributed by atoms with Gasteiger partial charge in [-0.15, -0.1) is 0 Å². The maximum Gasteiger partial charge on any atom is 0.242 e. The fourth-order valence-electron chi connectivity index (χ4n) is 6.00. The van der Waals surface area contributed by atoms with Gasteiger partial charge in [0.25, 0.3) is 0 Å². The van der Waals surface area contributed by atoms with Gasteiger partial charge in [0, 0.05) is 12.6 Å². The van der Waals surface area contributed by atoms with Gasteiger partial charge in [-0.3, -0.25) is 0 Å². The summed E-state index contributed by atoms with van der Waals surface area (Å²) >= 11 is 0. The summed E-state index contributed by atoms with van der Waals surface area (Å²) in [4.78, 5) is 4.91. The van der Waals surface area contributed by atoms with E-state index in [2.05, 4.69) is 120 Å². The molecule has 0 atom stereocenters. The number of imidazole rings is 1. The molecule has 2 nitrogen and oxygen atoms in total. The molecule has 0 saturated carbocycles. The molecule has 5 rings (SSSR count). The topological polar surface area (TPSA) is 17.8 Å². The van der Waals surface area contributed by atoms with E-state index in [1.165, 1.54) is 49.8 Å². The Morgan fingerprint density at radius 1 is 0.629 bits per heavy atom. The Morgan fingerprint density at radius 3 is 1.60 bits per heavy atom. The molecule has 1 aromatic heterocycles. The summed E-state index contributed by atoms with van der Waals surface area (Å²) in [5.41, 5.74) is 15.5. The van der Waals surface area contributed by atoms with Crippen molar-refractivity contribution in [2.75, 3.05) is 0 Å². The molecule has 174 valence electrons. The van der Waals surface area contributed by atoms with Crippen molar-refractivity contribution in [3.05, 3.63) is 106 Å². The second-order valence-electron chi connectivity index (χ2n) is 10.2. The predicted octanol–water partition coefficient (Wildman–Crippen LogP) is 5.61. The Hall–Kier alpha value is -3.59. The molecule has 0 amide bonds. The molecule has 0 fully saturated rings. The SMILES string of the molecule is Cc1cc(C)c(B(c2ccc(-c3nc4ccccc4n3C)cc2)c2c(C)cc(C)cc2C)c(C)c1. The third kappa shape index (κ3) is 4.10. The van der Waals surface area contributed by atoms with E-state index < -0.39 is 0 Å². The van der Waals surface area contributed by atoms with E-state index in [9.17, 15) is 0 Å². The molecule has 35 heavy (non-hydrogen) atoms. The molecule has 0 spiro atoms. The number of para-hydroxylation sites is 2. The third-order valence-corrected chi connectivity index (χ3v) is 7.34. The van der Waals surface area contributed by atoms with Gasteiger partial charge in [-0.1, -0.05) is 110 Å². The molecule has 0 aliphatic rings. The zero-order valence-electron chi connectivity index (χ0n) is 21.9. The van der Waals surface area contributed by atoms with Crippen LogP contribution in [-0.4, -0.2) is 16.3 Å². The van der Waals surface area contributed by atoms with Gasteiger partial charge in [0.15, 0.2) is 0 Å². The van der Waals surface area contributed by atoms with Crippen molar-refractivity contribution in [1.82, 2.24) is 9.55 Å². The lowest BCUT2D eigenvalue weighted by atomic mass is 9.34. The number of nitrogens with zero attached hydrogens (tertiary/aromatic N) is 2. The molecule has 1 heterocycles. The number of hydrogen-bond donors (Lipinski definition) is 0. The molecule has 3 heteroatoms. The summed E-state index contributed by atoms with van der Waals surface area (Å²) in [7, 11) is 2.10. The van der Waals surface area contributed by atoms with Crippen molar-refractivity contribution in [3.63, 3.8) is 0 Å². The number of rotatable bonds is 4. The van der Waals surface area contributed by atoms with Gasteiger partial charge in [-0.05, 0) is 53.7 Å². The summed E-state index contributed by atoms with van der Waals surface area (Å²) < 4.78 is 2.18. The minimum atomic E-state index is 0.186. The highest BCUT2D eigenvalue weighted by atomic mass is 15.1. The number of aryl methyl sites for hydroxylation is 7. The molecule has 0 aliphatic carbocycles. The van der Waals surface area contributed by atoms with Crippen LogP contribution in [0.25, 0.3) is 22.4 Å². The van der Waals surface area contributed by atoms with Gasteiger partial charge in [0.05, 0.1) is 11.0 Å². The van der Waals surface area contributed by atoms with Crippen LogP contribution in [0.15, 0.2) is 72.8 Å². The fraction of sp³-hybridized carbons (Fsp3) is 0.219. The van der Waals surface area contributed by atoms with Gasteiger partial charge >= 0.3 is 0 Å². The van der Waals surface area contributed by atoms with Crippen LogP contribution in [0.1, 0.15) is 33.4 Å². The summed E-state index contributed by atoms with van der Waals surface area (Å²) in [5.74, 6) is 1.000. The van der Waals surface area contributed by atoms with E-state index in [1.807, 2.05) is 6.07 Å². The van der Waals surface area contributed by atoms with E-state index >= 15 is 0 Å². The van der Waals surface area contributed by atoms with Crippen LogP contribution in [0, 0.1) is 41.5 Å². The highest BCUT2D eigenvalue weighted by molar-refractivity contribution is 6.96. The second-order valence-corrected chi connectivity index (χ2v) is 10.2. The van der Waals surface area contributed by atoms with Crippen molar-refractivity contribution < 1.29 is 0 Å². The van der Waals surface area contributed by atoms with Gasteiger partial charge < -0.3 is 4.57 Å². The van der Waals surface area contributed by atoms with Crippen molar-refractivity contribution in [1.29, 1.82) is 0 Å². The van der Waals surface area contributed by atoms with Gasteiger partial charge in [-0.2, -0.15) is 0 Å². The van der Waals surface area contributed by atoms with E-state index in [0.717, 1.165) is 22.4 Å². The summed E-state index contributed by atoms with van der Waals surface area (Å²) in [6, 6.07) is 26.7. The third-order valence-electron chi connectivity index (χ3n) is 7.34. The molecule has 4 aromatic carbocycles. The van der Waals surface area contributed by atoms with Crippen LogP contribution in [0.2, 0.25) is 0 Å². The van der Waals surface area contributed by atoms with Gasteiger partial charge in [-0.25, -0.2) is 4.98 Å². The number of aromatic nitrogens is 2. The quantitative estimate of drug-likeness (QED) is 0.322. The van der Waals surface area contributed by atoms with Crippen LogP contribution in [0.4, 0.5) is 0 Å². The monoisotopic (exact) mass is 456 g/mol. The number of fused-ring (bicyclic) bond motifs is 1. The molecule has 0 saturated heterocycles. The second kappa shape index (κ2) is 8.89. The summed E-state index contributed by atoms with van der Waals surface area (Å²) in [6.45, 7) is 13.6.